The molecule has 8 nitrogen and oxygen atoms in total. The molecular formula is C31H34FN5O3. The summed E-state index contributed by atoms with van der Waals surface area (Å²) in [6, 6.07) is 15.6. The second-order valence-corrected chi connectivity index (χ2v) is 10.9. The van der Waals surface area contributed by atoms with E-state index in [2.05, 4.69) is 46.6 Å². The minimum atomic E-state index is -1.31. The lowest BCUT2D eigenvalue weighted by Gasteiger charge is -2.31. The fourth-order valence-electron chi connectivity index (χ4n) is 5.39. The van der Waals surface area contributed by atoms with Crippen molar-refractivity contribution in [2.45, 2.75) is 70.4 Å². The van der Waals surface area contributed by atoms with Crippen molar-refractivity contribution in [3.63, 3.8) is 0 Å². The molecule has 5 rings (SSSR count). The molecule has 2 aromatic carbocycles. The van der Waals surface area contributed by atoms with Crippen LogP contribution in [-0.4, -0.2) is 57.3 Å². The maximum Gasteiger partial charge on any atom is 0.243 e. The van der Waals surface area contributed by atoms with Gasteiger partial charge in [-0.3, -0.25) is 24.7 Å². The van der Waals surface area contributed by atoms with Gasteiger partial charge >= 0.3 is 0 Å². The number of carbonyl (C=O) groups excluding carboxylic acids is 3. The SMILES string of the molecule is CC(=O)c1cnc2c(n1)CC(C(=O)N1C[C@H](F)C[C@H]1C(=O)N[C@@H](c1ccccc1)c1ccc(C(C)C)cc1)NC2. The number of nitrogens with zero attached hydrogens (tertiary/aromatic N) is 3. The first-order valence-corrected chi connectivity index (χ1v) is 13.7. The van der Waals surface area contributed by atoms with Crippen molar-refractivity contribution in [2.75, 3.05) is 6.54 Å². The molecule has 40 heavy (non-hydrogen) atoms. The Morgan fingerprint density at radius 3 is 2.35 bits per heavy atom. The summed E-state index contributed by atoms with van der Waals surface area (Å²) < 4.78 is 14.7. The number of carbonyl (C=O) groups is 3. The lowest BCUT2D eigenvalue weighted by Crippen LogP contribution is -2.54. The Kier molecular flexibility index (Phi) is 8.02. The van der Waals surface area contributed by atoms with Crippen LogP contribution in [-0.2, 0) is 22.6 Å². The van der Waals surface area contributed by atoms with Crippen LogP contribution >= 0.6 is 0 Å². The van der Waals surface area contributed by atoms with Crippen LogP contribution in [0.4, 0.5) is 4.39 Å². The molecule has 3 aromatic rings. The van der Waals surface area contributed by atoms with Gasteiger partial charge in [-0.25, -0.2) is 9.37 Å². The van der Waals surface area contributed by atoms with Gasteiger partial charge in [-0.05, 0) is 22.6 Å². The Hall–Kier alpha value is -3.98. The fraction of sp³-hybridized carbons (Fsp3) is 0.387. The number of halogens is 1. The molecule has 1 aromatic heterocycles. The molecule has 1 unspecified atom stereocenters. The van der Waals surface area contributed by atoms with Gasteiger partial charge < -0.3 is 10.2 Å². The molecule has 2 aliphatic rings. The maximum absolute atomic E-state index is 14.7. The van der Waals surface area contributed by atoms with Gasteiger partial charge in [-0.2, -0.15) is 0 Å². The standard InChI is InChI=1S/C31H34FN5O3/c1-18(2)20-9-11-22(12-10-20)29(21-7-5-4-6-8-21)36-30(39)28-13-23(32)17-37(28)31(40)25-14-24-27(16-33-25)34-15-26(35-24)19(3)38/h4-12,15,18,23,25,28-29,33H,13-14,16-17H2,1-3H3,(H,36,39)/t23-,25?,28+,29+/m1/s1. The first-order valence-electron chi connectivity index (χ1n) is 13.7. The smallest absolute Gasteiger partial charge is 0.243 e. The zero-order valence-electron chi connectivity index (χ0n) is 22.9. The number of hydrogen-bond acceptors (Lipinski definition) is 6. The van der Waals surface area contributed by atoms with E-state index in [9.17, 15) is 18.8 Å². The summed E-state index contributed by atoms with van der Waals surface area (Å²) in [5.41, 5.74) is 4.46. The first kappa shape index (κ1) is 27.6. The number of Topliss-reactive ketones (excluding diaryl/α,β-unsaturated/α-hetero) is 1. The van der Waals surface area contributed by atoms with Gasteiger partial charge in [0.2, 0.25) is 11.8 Å². The molecule has 0 aliphatic carbocycles. The van der Waals surface area contributed by atoms with E-state index in [0.29, 0.717) is 23.9 Å². The van der Waals surface area contributed by atoms with E-state index in [1.54, 1.807) is 0 Å². The molecule has 4 atom stereocenters. The lowest BCUT2D eigenvalue weighted by molar-refractivity contribution is -0.140. The molecule has 208 valence electrons. The normalized spacial score (nSPS) is 21.1. The predicted octanol–water partition coefficient (Wildman–Crippen LogP) is 3.66. The van der Waals surface area contributed by atoms with Crippen molar-refractivity contribution in [2.24, 2.45) is 0 Å². The van der Waals surface area contributed by atoms with E-state index >= 15 is 0 Å². The van der Waals surface area contributed by atoms with Crippen molar-refractivity contribution in [1.82, 2.24) is 25.5 Å². The number of likely N-dealkylation sites (tertiary alicyclic amines) is 1. The topological polar surface area (TPSA) is 104 Å². The molecule has 0 radical (unpaired) electrons. The summed E-state index contributed by atoms with van der Waals surface area (Å²) in [4.78, 5) is 49.1. The van der Waals surface area contributed by atoms with E-state index < -0.39 is 30.2 Å². The van der Waals surface area contributed by atoms with Crippen LogP contribution < -0.4 is 10.6 Å². The van der Waals surface area contributed by atoms with Crippen LogP contribution in [0.5, 0.6) is 0 Å². The zero-order valence-corrected chi connectivity index (χ0v) is 22.9. The van der Waals surface area contributed by atoms with Crippen LogP contribution in [0.2, 0.25) is 0 Å². The number of rotatable bonds is 7. The second kappa shape index (κ2) is 11.6. The van der Waals surface area contributed by atoms with Crippen molar-refractivity contribution >= 4 is 17.6 Å². The number of aromatic nitrogens is 2. The average molecular weight is 544 g/mol. The molecule has 9 heteroatoms. The highest BCUT2D eigenvalue weighted by atomic mass is 19.1. The minimum absolute atomic E-state index is 0.0665. The third-order valence-electron chi connectivity index (χ3n) is 7.70. The summed E-state index contributed by atoms with van der Waals surface area (Å²) in [7, 11) is 0. The molecule has 0 bridgehead atoms. The Morgan fingerprint density at radius 1 is 1.00 bits per heavy atom. The van der Waals surface area contributed by atoms with Gasteiger partial charge in [0.05, 0.1) is 36.2 Å². The molecule has 2 aliphatic heterocycles. The van der Waals surface area contributed by atoms with Gasteiger partial charge in [0.1, 0.15) is 17.9 Å². The van der Waals surface area contributed by atoms with Crippen LogP contribution in [0, 0.1) is 0 Å². The first-order chi connectivity index (χ1) is 19.2. The van der Waals surface area contributed by atoms with Crippen LogP contribution in [0.25, 0.3) is 0 Å². The van der Waals surface area contributed by atoms with Crippen molar-refractivity contribution in [1.29, 1.82) is 0 Å². The Labute approximate surface area is 233 Å². The van der Waals surface area contributed by atoms with E-state index in [1.165, 1.54) is 23.6 Å². The van der Waals surface area contributed by atoms with Crippen LogP contribution in [0.3, 0.4) is 0 Å². The number of alkyl halides is 1. The summed E-state index contributed by atoms with van der Waals surface area (Å²) in [6.45, 7) is 5.80. The van der Waals surface area contributed by atoms with Crippen LogP contribution in [0.1, 0.15) is 77.7 Å². The highest BCUT2D eigenvalue weighted by Crippen LogP contribution is 2.28. The van der Waals surface area contributed by atoms with E-state index in [-0.39, 0.29) is 36.8 Å². The van der Waals surface area contributed by atoms with Gasteiger partial charge in [0, 0.05) is 26.3 Å². The van der Waals surface area contributed by atoms with Crippen molar-refractivity contribution in [3.8, 4) is 0 Å². The van der Waals surface area contributed by atoms with Gasteiger partial charge in [0.15, 0.2) is 5.78 Å². The second-order valence-electron chi connectivity index (χ2n) is 10.9. The number of benzene rings is 2. The van der Waals surface area contributed by atoms with E-state index in [0.717, 1.165) is 11.1 Å². The summed E-state index contributed by atoms with van der Waals surface area (Å²) in [5, 5.41) is 6.25. The maximum atomic E-state index is 14.7. The van der Waals surface area contributed by atoms with Gasteiger partial charge in [-0.1, -0.05) is 68.4 Å². The highest BCUT2D eigenvalue weighted by Gasteiger charge is 2.43. The largest absolute Gasteiger partial charge is 0.343 e. The third kappa shape index (κ3) is 5.79. The van der Waals surface area contributed by atoms with E-state index in [1.807, 2.05) is 42.5 Å². The molecule has 1 fully saturated rings. The molecule has 1 saturated heterocycles. The summed E-state index contributed by atoms with van der Waals surface area (Å²) >= 11 is 0. The van der Waals surface area contributed by atoms with Crippen molar-refractivity contribution in [3.05, 3.63) is 94.6 Å². The molecule has 0 saturated carbocycles. The lowest BCUT2D eigenvalue weighted by atomic mass is 9.95. The number of nitrogens with one attached hydrogen (secondary N) is 2. The molecule has 2 amide bonds. The molecule has 3 heterocycles. The highest BCUT2D eigenvalue weighted by molar-refractivity contribution is 5.92. The zero-order chi connectivity index (χ0) is 28.4. The Balaban J connectivity index is 1.36. The number of amides is 2. The summed E-state index contributed by atoms with van der Waals surface area (Å²) in [6.07, 6.45) is 0.265. The fourth-order valence-corrected chi connectivity index (χ4v) is 5.39. The molecule has 0 spiro atoms. The monoisotopic (exact) mass is 543 g/mol. The molecular weight excluding hydrogens is 509 g/mol. The molecule has 2 N–H and O–H groups in total. The number of hydrogen-bond donors (Lipinski definition) is 2. The van der Waals surface area contributed by atoms with Crippen molar-refractivity contribution < 1.29 is 18.8 Å². The quantitative estimate of drug-likeness (QED) is 0.441. The van der Waals surface area contributed by atoms with Gasteiger partial charge in [0.25, 0.3) is 0 Å². The average Bonchev–Trinajstić information content (AvgIpc) is 3.37. The Morgan fingerprint density at radius 2 is 1.68 bits per heavy atom. The number of fused-ring (bicyclic) bond motifs is 1. The van der Waals surface area contributed by atoms with E-state index in [4.69, 9.17) is 0 Å². The predicted molar refractivity (Wildman–Crippen MR) is 148 cm³/mol. The number of ketones is 1. The Bertz CT molecular complexity index is 1400. The summed E-state index contributed by atoms with van der Waals surface area (Å²) in [5.74, 6) is -0.595. The third-order valence-corrected chi connectivity index (χ3v) is 7.70. The van der Waals surface area contributed by atoms with Gasteiger partial charge in [-0.15, -0.1) is 0 Å². The minimum Gasteiger partial charge on any atom is -0.343 e. The van der Waals surface area contributed by atoms with Crippen LogP contribution in [0.15, 0.2) is 60.8 Å².